The van der Waals surface area contributed by atoms with Crippen LogP contribution in [-0.2, 0) is 0 Å². The van der Waals surface area contributed by atoms with E-state index in [1.165, 1.54) is 0 Å². The number of rotatable bonds is 3. The lowest BCUT2D eigenvalue weighted by atomic mass is 10.1. The van der Waals surface area contributed by atoms with Crippen LogP contribution in [0.15, 0.2) is 59.8 Å². The van der Waals surface area contributed by atoms with Crippen molar-refractivity contribution in [1.82, 2.24) is 15.2 Å². The summed E-state index contributed by atoms with van der Waals surface area (Å²) in [6, 6.07) is 16.1. The Morgan fingerprint density at radius 1 is 1.04 bits per heavy atom. The number of aryl methyl sites for hydroxylation is 1. The molecule has 0 bridgehead atoms. The Bertz CT molecular complexity index is 1010. The first kappa shape index (κ1) is 13.5. The molecule has 0 unspecified atom stereocenters. The van der Waals surface area contributed by atoms with Crippen LogP contribution in [0.2, 0.25) is 0 Å². The van der Waals surface area contributed by atoms with Crippen LogP contribution in [0, 0.1) is 6.92 Å². The first-order valence-corrected chi connectivity index (χ1v) is 7.40. The lowest BCUT2D eigenvalue weighted by molar-refractivity contribution is 1.04. The van der Waals surface area contributed by atoms with Crippen LogP contribution in [0.3, 0.4) is 0 Å². The maximum absolute atomic E-state index is 4.35. The summed E-state index contributed by atoms with van der Waals surface area (Å²) in [5.74, 6) is 0.650. The zero-order valence-corrected chi connectivity index (χ0v) is 12.6. The maximum atomic E-state index is 4.35. The van der Waals surface area contributed by atoms with E-state index in [-0.39, 0.29) is 0 Å². The molecule has 0 amide bonds. The highest BCUT2D eigenvalue weighted by molar-refractivity contribution is 6.01. The second kappa shape index (κ2) is 5.53. The first-order valence-electron chi connectivity index (χ1n) is 7.40. The third-order valence-electron chi connectivity index (χ3n) is 3.88. The van der Waals surface area contributed by atoms with Gasteiger partial charge in [-0.3, -0.25) is 5.43 Å². The van der Waals surface area contributed by atoms with Gasteiger partial charge in [0.05, 0.1) is 12.4 Å². The van der Waals surface area contributed by atoms with E-state index in [4.69, 9.17) is 0 Å². The molecular formula is C18H15N5. The highest BCUT2D eigenvalue weighted by Gasteiger charge is 2.05. The van der Waals surface area contributed by atoms with Gasteiger partial charge < -0.3 is 4.98 Å². The molecule has 2 N–H and O–H groups in total. The number of para-hydroxylation sites is 1. The van der Waals surface area contributed by atoms with Gasteiger partial charge in [-0.2, -0.15) is 10.2 Å². The van der Waals surface area contributed by atoms with Crippen molar-refractivity contribution in [1.29, 1.82) is 0 Å². The summed E-state index contributed by atoms with van der Waals surface area (Å²) in [6.07, 6.45) is 3.56. The lowest BCUT2D eigenvalue weighted by Crippen LogP contribution is -1.96. The average Bonchev–Trinajstić information content (AvgIpc) is 2.91. The fourth-order valence-corrected chi connectivity index (χ4v) is 2.73. The highest BCUT2D eigenvalue weighted by atomic mass is 15.3. The van der Waals surface area contributed by atoms with Gasteiger partial charge in [0.2, 0.25) is 0 Å². The van der Waals surface area contributed by atoms with Crippen LogP contribution >= 0.6 is 0 Å². The summed E-state index contributed by atoms with van der Waals surface area (Å²) in [5.41, 5.74) is 6.26. The number of aromatic nitrogens is 3. The Balaban J connectivity index is 1.67. The molecule has 0 aliphatic rings. The molecule has 2 aromatic carbocycles. The Labute approximate surface area is 133 Å². The minimum Gasteiger partial charge on any atom is -0.358 e. The minimum absolute atomic E-state index is 0.650. The van der Waals surface area contributed by atoms with Gasteiger partial charge in [0.25, 0.3) is 0 Å². The van der Waals surface area contributed by atoms with Crippen molar-refractivity contribution >= 4 is 33.7 Å². The Kier molecular flexibility index (Phi) is 3.24. The molecule has 0 aliphatic heterocycles. The van der Waals surface area contributed by atoms with E-state index in [2.05, 4.69) is 37.8 Å². The summed E-state index contributed by atoms with van der Waals surface area (Å²) in [4.78, 5) is 3.36. The van der Waals surface area contributed by atoms with Gasteiger partial charge in [-0.05, 0) is 13.0 Å². The van der Waals surface area contributed by atoms with Crippen LogP contribution in [-0.4, -0.2) is 21.4 Å². The van der Waals surface area contributed by atoms with E-state index >= 15 is 0 Å². The van der Waals surface area contributed by atoms with Crippen LogP contribution in [0.5, 0.6) is 0 Å². The molecule has 5 heteroatoms. The van der Waals surface area contributed by atoms with E-state index in [9.17, 15) is 0 Å². The molecule has 0 spiro atoms. The van der Waals surface area contributed by atoms with Crippen LogP contribution in [0.1, 0.15) is 11.3 Å². The van der Waals surface area contributed by atoms with E-state index in [0.29, 0.717) is 5.82 Å². The highest BCUT2D eigenvalue weighted by Crippen LogP contribution is 2.21. The third-order valence-corrected chi connectivity index (χ3v) is 3.88. The van der Waals surface area contributed by atoms with E-state index in [0.717, 1.165) is 32.9 Å². The third kappa shape index (κ3) is 2.42. The van der Waals surface area contributed by atoms with Crippen molar-refractivity contribution < 1.29 is 0 Å². The number of hydrogen-bond acceptors (Lipinski definition) is 4. The molecule has 2 heterocycles. The number of benzene rings is 2. The molecule has 112 valence electrons. The predicted octanol–water partition coefficient (Wildman–Crippen LogP) is 3.87. The second-order valence-electron chi connectivity index (χ2n) is 5.36. The average molecular weight is 301 g/mol. The van der Waals surface area contributed by atoms with Crippen molar-refractivity contribution in [2.75, 3.05) is 5.43 Å². The minimum atomic E-state index is 0.650. The molecular weight excluding hydrogens is 286 g/mol. The topological polar surface area (TPSA) is 66.0 Å². The van der Waals surface area contributed by atoms with Crippen molar-refractivity contribution in [3.05, 3.63) is 66.0 Å². The zero-order valence-electron chi connectivity index (χ0n) is 12.6. The smallest absolute Gasteiger partial charge is 0.176 e. The Hall–Kier alpha value is -3.21. The van der Waals surface area contributed by atoms with Crippen molar-refractivity contribution in [3.8, 4) is 0 Å². The molecule has 0 radical (unpaired) electrons. The molecule has 23 heavy (non-hydrogen) atoms. The molecule has 0 saturated carbocycles. The summed E-state index contributed by atoms with van der Waals surface area (Å²) in [6.45, 7) is 2.04. The van der Waals surface area contributed by atoms with E-state index < -0.39 is 0 Å². The molecule has 0 fully saturated rings. The fourth-order valence-electron chi connectivity index (χ4n) is 2.73. The molecule has 0 aliphatic carbocycles. The Morgan fingerprint density at radius 3 is 2.74 bits per heavy atom. The van der Waals surface area contributed by atoms with E-state index in [1.54, 1.807) is 6.20 Å². The van der Waals surface area contributed by atoms with Gasteiger partial charge in [0.15, 0.2) is 5.82 Å². The summed E-state index contributed by atoms with van der Waals surface area (Å²) < 4.78 is 0. The van der Waals surface area contributed by atoms with E-state index in [1.807, 2.05) is 49.5 Å². The molecule has 0 atom stereocenters. The number of fused-ring (bicyclic) bond motifs is 2. The largest absolute Gasteiger partial charge is 0.358 e. The van der Waals surface area contributed by atoms with Crippen molar-refractivity contribution in [2.45, 2.75) is 6.92 Å². The van der Waals surface area contributed by atoms with Crippen LogP contribution < -0.4 is 5.43 Å². The number of aromatic amines is 1. The Morgan fingerprint density at radius 2 is 1.83 bits per heavy atom. The molecule has 0 saturated heterocycles. The van der Waals surface area contributed by atoms with Gasteiger partial charge in [-0.1, -0.05) is 42.5 Å². The van der Waals surface area contributed by atoms with Crippen molar-refractivity contribution in [2.24, 2.45) is 5.10 Å². The number of nitrogens with zero attached hydrogens (tertiary/aromatic N) is 3. The van der Waals surface area contributed by atoms with Crippen LogP contribution in [0.4, 0.5) is 5.82 Å². The summed E-state index contributed by atoms with van der Waals surface area (Å²) in [7, 11) is 0. The zero-order chi connectivity index (χ0) is 15.6. The quantitative estimate of drug-likeness (QED) is 0.446. The SMILES string of the molecule is Cc1[nH]c2ccccc2c1/C=N\Nc1nncc2ccccc12. The lowest BCUT2D eigenvalue weighted by Gasteiger charge is -2.02. The predicted molar refractivity (Wildman–Crippen MR) is 93.8 cm³/mol. The summed E-state index contributed by atoms with van der Waals surface area (Å²) >= 11 is 0. The number of H-pyrrole nitrogens is 1. The standard InChI is InChI=1S/C18H15N5/c1-12-16(15-8-4-5-9-17(15)21-12)11-20-23-18-14-7-3-2-6-13(14)10-19-22-18/h2-11,21H,1H3,(H,22,23)/b20-11-. The van der Waals surface area contributed by atoms with Gasteiger partial charge in [-0.25, -0.2) is 0 Å². The number of nitrogens with one attached hydrogen (secondary N) is 2. The van der Waals surface area contributed by atoms with Gasteiger partial charge >= 0.3 is 0 Å². The normalized spacial score (nSPS) is 11.5. The number of hydrogen-bond donors (Lipinski definition) is 2. The van der Waals surface area contributed by atoms with Gasteiger partial charge in [0, 0.05) is 32.9 Å². The number of anilines is 1. The van der Waals surface area contributed by atoms with Crippen LogP contribution in [0.25, 0.3) is 21.7 Å². The van der Waals surface area contributed by atoms with Gasteiger partial charge in [-0.15, -0.1) is 5.10 Å². The summed E-state index contributed by atoms with van der Waals surface area (Å²) in [5, 5.41) is 15.7. The molecule has 4 rings (SSSR count). The molecule has 5 nitrogen and oxygen atoms in total. The monoisotopic (exact) mass is 301 g/mol. The maximum Gasteiger partial charge on any atom is 0.176 e. The number of hydrazone groups is 1. The van der Waals surface area contributed by atoms with Crippen molar-refractivity contribution in [3.63, 3.8) is 0 Å². The molecule has 2 aromatic heterocycles. The molecule has 4 aromatic rings. The van der Waals surface area contributed by atoms with Gasteiger partial charge in [0.1, 0.15) is 0 Å². The second-order valence-corrected chi connectivity index (χ2v) is 5.36. The fraction of sp³-hybridized carbons (Fsp3) is 0.0556. The first-order chi connectivity index (χ1) is 11.3.